The number of carbonyl (C=O) groups excluding carboxylic acids is 2. The summed E-state index contributed by atoms with van der Waals surface area (Å²) >= 11 is 5.99. The van der Waals surface area contributed by atoms with Crippen molar-refractivity contribution in [3.63, 3.8) is 0 Å². The van der Waals surface area contributed by atoms with Gasteiger partial charge in [0.15, 0.2) is 6.54 Å². The Bertz CT molecular complexity index is 550. The van der Waals surface area contributed by atoms with E-state index in [0.717, 1.165) is 16.2 Å². The van der Waals surface area contributed by atoms with Crippen molar-refractivity contribution in [2.75, 3.05) is 33.8 Å². The number of nitrogens with zero attached hydrogens (tertiary/aromatic N) is 1. The molecule has 1 atom stereocenters. The zero-order chi connectivity index (χ0) is 15.4. The van der Waals surface area contributed by atoms with E-state index in [0.29, 0.717) is 24.7 Å². The molecule has 0 spiro atoms. The molecule has 6 nitrogen and oxygen atoms in total. The largest absolute Gasteiger partial charge is 0.496 e. The zero-order valence-corrected chi connectivity index (χ0v) is 12.9. The van der Waals surface area contributed by atoms with Crippen molar-refractivity contribution in [1.82, 2.24) is 10.2 Å². The van der Waals surface area contributed by atoms with E-state index in [-0.39, 0.29) is 18.5 Å². The maximum Gasteiger partial charge on any atom is 0.324 e. The maximum atomic E-state index is 12.1. The number of nitrogens with one attached hydrogen (secondary N) is 2. The molecule has 2 rings (SSSR count). The lowest BCUT2D eigenvalue weighted by Crippen LogP contribution is -3.08. The van der Waals surface area contributed by atoms with E-state index >= 15 is 0 Å². The van der Waals surface area contributed by atoms with Gasteiger partial charge in [-0.2, -0.15) is 0 Å². The molecule has 1 heterocycles. The molecule has 1 aliphatic rings. The minimum atomic E-state index is -0.312. The van der Waals surface area contributed by atoms with Gasteiger partial charge in [-0.05, 0) is 18.2 Å². The normalized spacial score (nSPS) is 15.8. The second kappa shape index (κ2) is 6.78. The van der Waals surface area contributed by atoms with E-state index in [1.165, 1.54) is 4.90 Å². The predicted molar refractivity (Wildman–Crippen MR) is 78.6 cm³/mol. The summed E-state index contributed by atoms with van der Waals surface area (Å²) in [5.74, 6) is 0.564. The lowest BCUT2D eigenvalue weighted by atomic mass is 10.2. The summed E-state index contributed by atoms with van der Waals surface area (Å²) in [5.41, 5.74) is 0.932. The number of imide groups is 1. The number of halogens is 1. The van der Waals surface area contributed by atoms with Crippen LogP contribution in [0.5, 0.6) is 5.75 Å². The number of urea groups is 1. The summed E-state index contributed by atoms with van der Waals surface area (Å²) in [6.45, 7) is 1.78. The van der Waals surface area contributed by atoms with Crippen LogP contribution in [0.15, 0.2) is 18.2 Å². The molecular weight excluding hydrogens is 294 g/mol. The van der Waals surface area contributed by atoms with Gasteiger partial charge in [-0.3, -0.25) is 9.69 Å². The molecule has 7 heteroatoms. The fourth-order valence-electron chi connectivity index (χ4n) is 2.34. The third-order valence-corrected chi connectivity index (χ3v) is 3.58. The molecule has 0 radical (unpaired) electrons. The second-order valence-electron chi connectivity index (χ2n) is 5.04. The van der Waals surface area contributed by atoms with Gasteiger partial charge in [0.2, 0.25) is 0 Å². The van der Waals surface area contributed by atoms with Crippen LogP contribution in [-0.4, -0.2) is 50.6 Å². The van der Waals surface area contributed by atoms with Crippen molar-refractivity contribution in [3.05, 3.63) is 28.8 Å². The highest BCUT2D eigenvalue weighted by Crippen LogP contribution is 2.21. The predicted octanol–water partition coefficient (Wildman–Crippen LogP) is -0.0849. The number of likely N-dealkylation sites (N-methyl/N-ethyl adjacent to an activating group) is 1. The SMILES string of the molecule is COc1ccc(Cl)cc1C[NH+](C)CC(=O)N1CCNC1=O. The lowest BCUT2D eigenvalue weighted by molar-refractivity contribution is -0.885. The van der Waals surface area contributed by atoms with Gasteiger partial charge < -0.3 is 15.0 Å². The number of benzene rings is 1. The molecule has 1 fully saturated rings. The van der Waals surface area contributed by atoms with Crippen LogP contribution in [0.25, 0.3) is 0 Å². The molecule has 21 heavy (non-hydrogen) atoms. The Hall–Kier alpha value is -1.79. The van der Waals surface area contributed by atoms with Crippen LogP contribution in [0.1, 0.15) is 5.56 Å². The van der Waals surface area contributed by atoms with Crippen molar-refractivity contribution in [2.45, 2.75) is 6.54 Å². The van der Waals surface area contributed by atoms with E-state index in [4.69, 9.17) is 16.3 Å². The molecule has 1 saturated heterocycles. The van der Waals surface area contributed by atoms with Crippen LogP contribution < -0.4 is 15.0 Å². The van der Waals surface area contributed by atoms with Crippen molar-refractivity contribution >= 4 is 23.5 Å². The van der Waals surface area contributed by atoms with Crippen molar-refractivity contribution < 1.29 is 19.2 Å². The fourth-order valence-corrected chi connectivity index (χ4v) is 2.53. The molecule has 1 aliphatic heterocycles. The first-order chi connectivity index (χ1) is 10.0. The minimum absolute atomic E-state index is 0.177. The number of carbonyl (C=O) groups is 2. The summed E-state index contributed by atoms with van der Waals surface area (Å²) in [4.78, 5) is 25.7. The molecular formula is C14H19ClN3O3+. The summed E-state index contributed by atoms with van der Waals surface area (Å²) in [6.07, 6.45) is 0. The number of hydrogen-bond donors (Lipinski definition) is 2. The maximum absolute atomic E-state index is 12.1. The number of quaternary nitrogens is 1. The number of methoxy groups -OCH3 is 1. The van der Waals surface area contributed by atoms with Gasteiger partial charge in [0.1, 0.15) is 12.3 Å². The second-order valence-corrected chi connectivity index (χ2v) is 5.48. The Balaban J connectivity index is 1.98. The highest BCUT2D eigenvalue weighted by molar-refractivity contribution is 6.30. The Morgan fingerprint density at radius 2 is 2.29 bits per heavy atom. The Morgan fingerprint density at radius 1 is 1.52 bits per heavy atom. The first-order valence-corrected chi connectivity index (χ1v) is 7.11. The molecule has 0 saturated carbocycles. The minimum Gasteiger partial charge on any atom is -0.496 e. The summed E-state index contributed by atoms with van der Waals surface area (Å²) in [5, 5.41) is 3.25. The van der Waals surface area contributed by atoms with Crippen LogP contribution in [0, 0.1) is 0 Å². The molecule has 0 bridgehead atoms. The molecule has 0 aliphatic carbocycles. The third kappa shape index (κ3) is 3.86. The first kappa shape index (κ1) is 15.6. The molecule has 2 N–H and O–H groups in total. The summed E-state index contributed by atoms with van der Waals surface area (Å²) in [7, 11) is 3.49. The lowest BCUT2D eigenvalue weighted by Gasteiger charge is -2.18. The van der Waals surface area contributed by atoms with Gasteiger partial charge in [-0.25, -0.2) is 4.79 Å². The van der Waals surface area contributed by atoms with Crippen molar-refractivity contribution in [2.24, 2.45) is 0 Å². The standard InChI is InChI=1S/C14H18ClN3O3/c1-17(9-13(19)18-6-5-16-14(18)20)8-10-7-11(15)3-4-12(10)21-2/h3-4,7H,5-6,8-9H2,1-2H3,(H,16,20)/p+1. The average Bonchev–Trinajstić information content (AvgIpc) is 2.85. The van der Waals surface area contributed by atoms with Gasteiger partial charge in [0, 0.05) is 23.7 Å². The molecule has 3 amide bonds. The number of amides is 3. The number of ether oxygens (including phenoxy) is 1. The van der Waals surface area contributed by atoms with Gasteiger partial charge >= 0.3 is 6.03 Å². The highest BCUT2D eigenvalue weighted by atomic mass is 35.5. The summed E-state index contributed by atoms with van der Waals surface area (Å²) in [6, 6.07) is 5.09. The molecule has 114 valence electrons. The number of hydrogen-bond acceptors (Lipinski definition) is 3. The van der Waals surface area contributed by atoms with E-state index in [1.807, 2.05) is 13.1 Å². The Morgan fingerprint density at radius 3 is 2.90 bits per heavy atom. The van der Waals surface area contributed by atoms with Gasteiger partial charge in [-0.1, -0.05) is 11.6 Å². The van der Waals surface area contributed by atoms with E-state index < -0.39 is 0 Å². The van der Waals surface area contributed by atoms with Crippen LogP contribution in [0.2, 0.25) is 5.02 Å². The average molecular weight is 313 g/mol. The van der Waals surface area contributed by atoms with Gasteiger partial charge in [-0.15, -0.1) is 0 Å². The van der Waals surface area contributed by atoms with E-state index in [1.54, 1.807) is 19.2 Å². The van der Waals surface area contributed by atoms with Gasteiger partial charge in [0.05, 0.1) is 14.2 Å². The first-order valence-electron chi connectivity index (χ1n) is 6.73. The van der Waals surface area contributed by atoms with Crippen molar-refractivity contribution in [3.8, 4) is 5.75 Å². The smallest absolute Gasteiger partial charge is 0.324 e. The van der Waals surface area contributed by atoms with Crippen LogP contribution in [0.3, 0.4) is 0 Å². The summed E-state index contributed by atoms with van der Waals surface area (Å²) < 4.78 is 5.29. The molecule has 1 unspecified atom stereocenters. The zero-order valence-electron chi connectivity index (χ0n) is 12.1. The van der Waals surface area contributed by atoms with Crippen LogP contribution >= 0.6 is 11.6 Å². The van der Waals surface area contributed by atoms with Crippen LogP contribution in [0.4, 0.5) is 4.79 Å². The van der Waals surface area contributed by atoms with E-state index in [9.17, 15) is 9.59 Å². The van der Waals surface area contributed by atoms with E-state index in [2.05, 4.69) is 5.32 Å². The molecule has 1 aromatic carbocycles. The number of rotatable bonds is 5. The highest BCUT2D eigenvalue weighted by Gasteiger charge is 2.28. The molecule has 0 aromatic heterocycles. The molecule has 1 aromatic rings. The topological polar surface area (TPSA) is 63.1 Å². The quantitative estimate of drug-likeness (QED) is 0.799. The van der Waals surface area contributed by atoms with Crippen molar-refractivity contribution in [1.29, 1.82) is 0 Å². The Kier molecular flexibility index (Phi) is 5.03. The fraction of sp³-hybridized carbons (Fsp3) is 0.429. The Labute approximate surface area is 128 Å². The monoisotopic (exact) mass is 312 g/mol. The van der Waals surface area contributed by atoms with Gasteiger partial charge in [0.25, 0.3) is 5.91 Å². The third-order valence-electron chi connectivity index (χ3n) is 3.35. The van der Waals surface area contributed by atoms with Crippen LogP contribution in [-0.2, 0) is 11.3 Å².